The van der Waals surface area contributed by atoms with E-state index in [0.29, 0.717) is 0 Å². The van der Waals surface area contributed by atoms with Crippen LogP contribution in [-0.2, 0) is 9.31 Å². The molecule has 0 aromatic heterocycles. The minimum absolute atomic E-state index is 0.273. The van der Waals surface area contributed by atoms with Gasteiger partial charge in [-0.2, -0.15) is 0 Å². The lowest BCUT2D eigenvalue weighted by molar-refractivity contribution is 0.00578. The monoisotopic (exact) mass is 226 g/mol. The van der Waals surface area contributed by atoms with Crippen LogP contribution in [-0.4, -0.2) is 39.0 Å². The first-order chi connectivity index (χ1) is 7.34. The molecular formula is C11H23BN2O2. The van der Waals surface area contributed by atoms with E-state index in [0.717, 1.165) is 12.0 Å². The first-order valence-electron chi connectivity index (χ1n) is 5.70. The normalized spacial score (nSPS) is 23.6. The lowest BCUT2D eigenvalue weighted by Crippen LogP contribution is -2.41. The van der Waals surface area contributed by atoms with Crippen LogP contribution in [0.15, 0.2) is 11.7 Å². The minimum Gasteiger partial charge on any atom is -0.399 e. The SMILES string of the molecule is CN/C=C(\CNC)B1OC(C)(C)C(C)(C)O1. The highest BCUT2D eigenvalue weighted by Gasteiger charge is 2.52. The quantitative estimate of drug-likeness (QED) is 0.700. The largest absolute Gasteiger partial charge is 0.493 e. The summed E-state index contributed by atoms with van der Waals surface area (Å²) in [5.74, 6) is 0. The molecule has 1 aliphatic rings. The Morgan fingerprint density at radius 2 is 1.62 bits per heavy atom. The fourth-order valence-corrected chi connectivity index (χ4v) is 1.59. The first-order valence-corrected chi connectivity index (χ1v) is 5.70. The molecule has 5 heteroatoms. The van der Waals surface area contributed by atoms with Crippen LogP contribution in [0.3, 0.4) is 0 Å². The van der Waals surface area contributed by atoms with Crippen molar-refractivity contribution >= 4 is 7.12 Å². The van der Waals surface area contributed by atoms with E-state index in [4.69, 9.17) is 9.31 Å². The van der Waals surface area contributed by atoms with E-state index in [9.17, 15) is 0 Å². The lowest BCUT2D eigenvalue weighted by Gasteiger charge is -2.32. The number of likely N-dealkylation sites (N-methyl/N-ethyl adjacent to an activating group) is 1. The molecule has 1 heterocycles. The van der Waals surface area contributed by atoms with Gasteiger partial charge in [-0.3, -0.25) is 0 Å². The topological polar surface area (TPSA) is 42.5 Å². The van der Waals surface area contributed by atoms with Gasteiger partial charge in [0.25, 0.3) is 0 Å². The second-order valence-corrected chi connectivity index (χ2v) is 5.13. The minimum atomic E-state index is -0.280. The lowest BCUT2D eigenvalue weighted by atomic mass is 9.78. The Balaban J connectivity index is 2.80. The molecule has 0 aromatic carbocycles. The average Bonchev–Trinajstić information content (AvgIpc) is 2.36. The summed E-state index contributed by atoms with van der Waals surface area (Å²) in [5, 5.41) is 6.14. The summed E-state index contributed by atoms with van der Waals surface area (Å²) in [6, 6.07) is 0. The molecular weight excluding hydrogens is 203 g/mol. The summed E-state index contributed by atoms with van der Waals surface area (Å²) in [4.78, 5) is 0. The van der Waals surface area contributed by atoms with Crippen LogP contribution in [0.5, 0.6) is 0 Å². The molecule has 4 nitrogen and oxygen atoms in total. The molecule has 2 N–H and O–H groups in total. The van der Waals surface area contributed by atoms with Crippen molar-refractivity contribution in [3.05, 3.63) is 11.7 Å². The third-order valence-corrected chi connectivity index (χ3v) is 3.27. The molecule has 0 aromatic rings. The van der Waals surface area contributed by atoms with Gasteiger partial charge in [0, 0.05) is 13.6 Å². The van der Waals surface area contributed by atoms with Crippen molar-refractivity contribution in [2.45, 2.75) is 38.9 Å². The summed E-state index contributed by atoms with van der Waals surface area (Å²) in [7, 11) is 3.51. The summed E-state index contributed by atoms with van der Waals surface area (Å²) in [6.07, 6.45) is 1.93. The average molecular weight is 226 g/mol. The Hall–Kier alpha value is -0.515. The van der Waals surface area contributed by atoms with Crippen LogP contribution in [0.2, 0.25) is 0 Å². The van der Waals surface area contributed by atoms with Crippen molar-refractivity contribution in [1.29, 1.82) is 0 Å². The number of rotatable bonds is 4. The fraction of sp³-hybridized carbons (Fsp3) is 0.818. The summed E-state index contributed by atoms with van der Waals surface area (Å²) >= 11 is 0. The van der Waals surface area contributed by atoms with Gasteiger partial charge in [-0.25, -0.2) is 0 Å². The Bertz CT molecular complexity index is 261. The van der Waals surface area contributed by atoms with Gasteiger partial charge in [0.2, 0.25) is 0 Å². The number of nitrogens with one attached hydrogen (secondary N) is 2. The van der Waals surface area contributed by atoms with E-state index in [1.54, 1.807) is 0 Å². The highest BCUT2D eigenvalue weighted by molar-refractivity contribution is 6.54. The van der Waals surface area contributed by atoms with Crippen LogP contribution < -0.4 is 10.6 Å². The summed E-state index contributed by atoms with van der Waals surface area (Å²) < 4.78 is 11.9. The van der Waals surface area contributed by atoms with Crippen LogP contribution in [0.4, 0.5) is 0 Å². The predicted octanol–water partition coefficient (Wildman–Crippen LogP) is 0.940. The molecule has 92 valence electrons. The van der Waals surface area contributed by atoms with Crippen molar-refractivity contribution < 1.29 is 9.31 Å². The second-order valence-electron chi connectivity index (χ2n) is 5.13. The van der Waals surface area contributed by atoms with Crippen molar-refractivity contribution in [3.8, 4) is 0 Å². The highest BCUT2D eigenvalue weighted by atomic mass is 16.7. The molecule has 0 atom stereocenters. The maximum absolute atomic E-state index is 5.96. The molecule has 1 saturated heterocycles. The molecule has 0 unspecified atom stereocenters. The third-order valence-electron chi connectivity index (χ3n) is 3.27. The van der Waals surface area contributed by atoms with Gasteiger partial charge in [-0.15, -0.1) is 0 Å². The summed E-state index contributed by atoms with van der Waals surface area (Å²) in [6.45, 7) is 8.98. The van der Waals surface area contributed by atoms with Crippen molar-refractivity contribution in [3.63, 3.8) is 0 Å². The van der Waals surface area contributed by atoms with Gasteiger partial charge in [0.1, 0.15) is 0 Å². The smallest absolute Gasteiger partial charge is 0.399 e. The molecule has 1 aliphatic heterocycles. The van der Waals surface area contributed by atoms with Gasteiger partial charge < -0.3 is 19.9 Å². The molecule has 0 amide bonds. The Morgan fingerprint density at radius 3 is 2.00 bits per heavy atom. The zero-order valence-electron chi connectivity index (χ0n) is 11.2. The molecule has 16 heavy (non-hydrogen) atoms. The molecule has 0 spiro atoms. The molecule has 1 fully saturated rings. The Kier molecular flexibility index (Phi) is 4.04. The van der Waals surface area contributed by atoms with Gasteiger partial charge in [-0.05, 0) is 46.4 Å². The van der Waals surface area contributed by atoms with E-state index < -0.39 is 0 Å². The van der Waals surface area contributed by atoms with E-state index in [2.05, 4.69) is 38.3 Å². The van der Waals surface area contributed by atoms with Crippen molar-refractivity contribution in [2.75, 3.05) is 20.6 Å². The molecule has 0 aliphatic carbocycles. The molecule has 0 bridgehead atoms. The number of hydrogen-bond acceptors (Lipinski definition) is 4. The van der Waals surface area contributed by atoms with Gasteiger partial charge >= 0.3 is 7.12 Å². The first kappa shape index (κ1) is 13.5. The summed E-state index contributed by atoms with van der Waals surface area (Å²) in [5.41, 5.74) is 0.514. The molecule has 1 rings (SSSR count). The van der Waals surface area contributed by atoms with E-state index in [1.165, 1.54) is 0 Å². The molecule has 0 saturated carbocycles. The van der Waals surface area contributed by atoms with E-state index >= 15 is 0 Å². The van der Waals surface area contributed by atoms with Crippen molar-refractivity contribution in [1.82, 2.24) is 10.6 Å². The van der Waals surface area contributed by atoms with Crippen LogP contribution in [0.25, 0.3) is 0 Å². The fourth-order valence-electron chi connectivity index (χ4n) is 1.59. The van der Waals surface area contributed by atoms with Crippen LogP contribution >= 0.6 is 0 Å². The Morgan fingerprint density at radius 1 is 1.12 bits per heavy atom. The zero-order valence-corrected chi connectivity index (χ0v) is 11.2. The maximum atomic E-state index is 5.96. The van der Waals surface area contributed by atoms with E-state index in [1.807, 2.05) is 20.3 Å². The van der Waals surface area contributed by atoms with E-state index in [-0.39, 0.29) is 18.3 Å². The van der Waals surface area contributed by atoms with Crippen LogP contribution in [0, 0.1) is 0 Å². The second kappa shape index (κ2) is 4.78. The predicted molar refractivity (Wildman–Crippen MR) is 67.2 cm³/mol. The standard InChI is InChI=1S/C11H23BN2O2/c1-10(2)11(3,4)16-12(15-10)9(7-13-5)8-14-6/h7,13-14H,8H2,1-6H3/b9-7+. The van der Waals surface area contributed by atoms with Gasteiger partial charge in [0.15, 0.2) is 0 Å². The maximum Gasteiger partial charge on any atom is 0.493 e. The van der Waals surface area contributed by atoms with Gasteiger partial charge in [-0.1, -0.05) is 0 Å². The molecule has 0 radical (unpaired) electrons. The van der Waals surface area contributed by atoms with Gasteiger partial charge in [0.05, 0.1) is 11.2 Å². The highest BCUT2D eigenvalue weighted by Crippen LogP contribution is 2.38. The van der Waals surface area contributed by atoms with Crippen LogP contribution in [0.1, 0.15) is 27.7 Å². The zero-order chi connectivity index (χ0) is 12.4. The Labute approximate surface area is 98.9 Å². The third kappa shape index (κ3) is 2.59. The van der Waals surface area contributed by atoms with Crippen molar-refractivity contribution in [2.24, 2.45) is 0 Å². The number of hydrogen-bond donors (Lipinski definition) is 2.